The number of nitrogens with two attached hydrogens (primary N) is 1. The number of hydrogen-bond acceptors (Lipinski definition) is 6. The highest BCUT2D eigenvalue weighted by molar-refractivity contribution is 5.99. The molecule has 16 heavy (non-hydrogen) atoms. The van der Waals surface area contributed by atoms with Gasteiger partial charge in [-0.15, -0.1) is 0 Å². The molecule has 0 aliphatic heterocycles. The number of anilines is 1. The minimum absolute atomic E-state index is 0.0000267. The van der Waals surface area contributed by atoms with E-state index < -0.39 is 0 Å². The van der Waals surface area contributed by atoms with Crippen molar-refractivity contribution >= 4 is 11.7 Å². The summed E-state index contributed by atoms with van der Waals surface area (Å²) in [5, 5.41) is 20.4. The van der Waals surface area contributed by atoms with Crippen molar-refractivity contribution < 1.29 is 10.3 Å². The first kappa shape index (κ1) is 12.2. The highest BCUT2D eigenvalue weighted by atomic mass is 16.4. The Labute approximate surface area is 93.2 Å². The van der Waals surface area contributed by atoms with Crippen LogP contribution in [0.25, 0.3) is 0 Å². The van der Waals surface area contributed by atoms with Crippen LogP contribution in [-0.2, 0) is 0 Å². The van der Waals surface area contributed by atoms with Gasteiger partial charge in [0.25, 0.3) is 0 Å². The third kappa shape index (κ3) is 2.57. The number of aliphatic hydroxyl groups excluding tert-OH is 1. The number of nitrogens with zero attached hydrogens (tertiary/aromatic N) is 4. The first-order chi connectivity index (χ1) is 7.74. The molecule has 0 bridgehead atoms. The summed E-state index contributed by atoms with van der Waals surface area (Å²) in [5.74, 6) is 0.397. The summed E-state index contributed by atoms with van der Waals surface area (Å²) in [6.45, 7) is 2.98. The molecule has 4 N–H and O–H groups in total. The van der Waals surface area contributed by atoms with Gasteiger partial charge in [-0.1, -0.05) is 5.16 Å². The zero-order chi connectivity index (χ0) is 12.0. The van der Waals surface area contributed by atoms with E-state index in [0.29, 0.717) is 24.6 Å². The first-order valence-corrected chi connectivity index (χ1v) is 4.89. The number of oxime groups is 1. The normalized spacial score (nSPS) is 11.5. The third-order valence-electron chi connectivity index (χ3n) is 2.08. The topological polar surface area (TPSA) is 108 Å². The number of aliphatic hydroxyl groups is 1. The zero-order valence-electron chi connectivity index (χ0n) is 9.04. The Morgan fingerprint density at radius 3 is 2.75 bits per heavy atom. The molecule has 1 rings (SSSR count). The van der Waals surface area contributed by atoms with Gasteiger partial charge in [0.15, 0.2) is 17.3 Å². The molecule has 7 heteroatoms. The average molecular weight is 225 g/mol. The molecule has 7 nitrogen and oxygen atoms in total. The predicted octanol–water partition coefficient (Wildman–Crippen LogP) is -0.610. The van der Waals surface area contributed by atoms with Gasteiger partial charge in [0.1, 0.15) is 0 Å². The van der Waals surface area contributed by atoms with E-state index >= 15 is 0 Å². The van der Waals surface area contributed by atoms with Crippen LogP contribution >= 0.6 is 0 Å². The van der Waals surface area contributed by atoms with Crippen molar-refractivity contribution in [1.82, 2.24) is 9.97 Å². The number of rotatable bonds is 5. The lowest BCUT2D eigenvalue weighted by molar-refractivity contribution is 0.302. The van der Waals surface area contributed by atoms with Crippen molar-refractivity contribution in [1.29, 1.82) is 0 Å². The fourth-order valence-corrected chi connectivity index (χ4v) is 1.32. The molecule has 1 aromatic heterocycles. The number of likely N-dealkylation sites (N-methyl/N-ethyl adjacent to an activating group) is 1. The Balaban J connectivity index is 3.10. The van der Waals surface area contributed by atoms with Crippen LogP contribution in [0.5, 0.6) is 0 Å². The van der Waals surface area contributed by atoms with Gasteiger partial charge < -0.3 is 20.9 Å². The standard InChI is InChI=1S/C9H15N5O2/c1-2-14(5-6-15)9-7(8(10)13-16)11-3-4-12-9/h3-4,15-16H,2,5-6H2,1H3,(H2,10,13). The highest BCUT2D eigenvalue weighted by Crippen LogP contribution is 2.13. The van der Waals surface area contributed by atoms with E-state index in [1.807, 2.05) is 6.92 Å². The summed E-state index contributed by atoms with van der Waals surface area (Å²) in [6.07, 6.45) is 2.98. The van der Waals surface area contributed by atoms with Crippen molar-refractivity contribution in [3.05, 3.63) is 18.1 Å². The molecule has 0 fully saturated rings. The molecule has 0 unspecified atom stereocenters. The summed E-state index contributed by atoms with van der Waals surface area (Å²) < 4.78 is 0. The van der Waals surface area contributed by atoms with Crippen molar-refractivity contribution in [3.8, 4) is 0 Å². The first-order valence-electron chi connectivity index (χ1n) is 4.89. The predicted molar refractivity (Wildman–Crippen MR) is 59.5 cm³/mol. The number of hydrogen-bond donors (Lipinski definition) is 3. The Morgan fingerprint density at radius 1 is 1.50 bits per heavy atom. The Kier molecular flexibility index (Phi) is 4.46. The number of aromatic nitrogens is 2. The number of amidine groups is 1. The van der Waals surface area contributed by atoms with Crippen molar-refractivity contribution in [2.24, 2.45) is 10.9 Å². The van der Waals surface area contributed by atoms with Crippen LogP contribution in [0.2, 0.25) is 0 Å². The van der Waals surface area contributed by atoms with Gasteiger partial charge in [-0.3, -0.25) is 0 Å². The molecule has 0 atom stereocenters. The molecule has 1 aromatic rings. The summed E-state index contributed by atoms with van der Waals surface area (Å²) in [7, 11) is 0. The summed E-state index contributed by atoms with van der Waals surface area (Å²) in [6, 6.07) is 0. The van der Waals surface area contributed by atoms with Crippen LogP contribution in [0, 0.1) is 0 Å². The second kappa shape index (κ2) is 5.86. The molecule has 0 saturated heterocycles. The Hall–Kier alpha value is -1.89. The molecule has 1 heterocycles. The lowest BCUT2D eigenvalue weighted by Crippen LogP contribution is -2.30. The highest BCUT2D eigenvalue weighted by Gasteiger charge is 2.14. The van der Waals surface area contributed by atoms with E-state index in [4.69, 9.17) is 16.0 Å². The lowest BCUT2D eigenvalue weighted by atomic mass is 10.3. The van der Waals surface area contributed by atoms with Gasteiger partial charge in [-0.25, -0.2) is 9.97 Å². The fourth-order valence-electron chi connectivity index (χ4n) is 1.32. The molecular weight excluding hydrogens is 210 g/mol. The maximum atomic E-state index is 8.92. The van der Waals surface area contributed by atoms with E-state index in [1.54, 1.807) is 4.90 Å². The monoisotopic (exact) mass is 225 g/mol. The van der Waals surface area contributed by atoms with Crippen LogP contribution in [0.4, 0.5) is 5.82 Å². The van der Waals surface area contributed by atoms with Crippen molar-refractivity contribution in [2.75, 3.05) is 24.6 Å². The minimum Gasteiger partial charge on any atom is -0.409 e. The SMILES string of the molecule is CCN(CCO)c1nccnc1C(N)=NO. The van der Waals surface area contributed by atoms with Gasteiger partial charge in [-0.05, 0) is 6.92 Å². The van der Waals surface area contributed by atoms with Gasteiger partial charge in [0, 0.05) is 25.5 Å². The summed E-state index contributed by atoms with van der Waals surface area (Å²) in [4.78, 5) is 9.91. The van der Waals surface area contributed by atoms with Crippen LogP contribution in [-0.4, -0.2) is 45.8 Å². The molecule has 0 aromatic carbocycles. The maximum Gasteiger partial charge on any atom is 0.192 e. The molecule has 0 amide bonds. The van der Waals surface area contributed by atoms with Crippen LogP contribution in [0.1, 0.15) is 12.6 Å². The van der Waals surface area contributed by atoms with Gasteiger partial charge in [-0.2, -0.15) is 0 Å². The lowest BCUT2D eigenvalue weighted by Gasteiger charge is -2.22. The third-order valence-corrected chi connectivity index (χ3v) is 2.08. The van der Waals surface area contributed by atoms with Gasteiger partial charge in [0.2, 0.25) is 0 Å². The minimum atomic E-state index is -0.0977. The molecular formula is C9H15N5O2. The molecule has 0 spiro atoms. The van der Waals surface area contributed by atoms with Crippen molar-refractivity contribution in [2.45, 2.75) is 6.92 Å². The Morgan fingerprint density at radius 2 is 2.19 bits per heavy atom. The molecule has 0 saturated carbocycles. The van der Waals surface area contributed by atoms with E-state index in [1.165, 1.54) is 12.4 Å². The maximum absolute atomic E-state index is 8.92. The Bertz CT molecular complexity index is 369. The van der Waals surface area contributed by atoms with E-state index in [0.717, 1.165) is 0 Å². The van der Waals surface area contributed by atoms with Crippen LogP contribution < -0.4 is 10.6 Å². The molecule has 0 aliphatic rings. The van der Waals surface area contributed by atoms with E-state index in [9.17, 15) is 0 Å². The quantitative estimate of drug-likeness (QED) is 0.267. The van der Waals surface area contributed by atoms with Gasteiger partial charge >= 0.3 is 0 Å². The van der Waals surface area contributed by atoms with Crippen molar-refractivity contribution in [3.63, 3.8) is 0 Å². The molecule has 0 radical (unpaired) electrons. The van der Waals surface area contributed by atoms with Gasteiger partial charge in [0.05, 0.1) is 6.61 Å². The summed E-state index contributed by atoms with van der Waals surface area (Å²) >= 11 is 0. The second-order valence-corrected chi connectivity index (χ2v) is 3.02. The molecule has 0 aliphatic carbocycles. The molecule has 88 valence electrons. The average Bonchev–Trinajstić information content (AvgIpc) is 2.35. The largest absolute Gasteiger partial charge is 0.409 e. The smallest absolute Gasteiger partial charge is 0.192 e. The van der Waals surface area contributed by atoms with E-state index in [-0.39, 0.29) is 12.4 Å². The zero-order valence-corrected chi connectivity index (χ0v) is 9.04. The van der Waals surface area contributed by atoms with E-state index in [2.05, 4.69) is 15.1 Å². The summed E-state index contributed by atoms with van der Waals surface area (Å²) in [5.41, 5.74) is 5.80. The fraction of sp³-hybridized carbons (Fsp3) is 0.444. The second-order valence-electron chi connectivity index (χ2n) is 3.02. The van der Waals surface area contributed by atoms with Crippen LogP contribution in [0.3, 0.4) is 0 Å². The van der Waals surface area contributed by atoms with Crippen LogP contribution in [0.15, 0.2) is 17.5 Å².